The third kappa shape index (κ3) is 20.5. The highest BCUT2D eigenvalue weighted by Crippen LogP contribution is 2.22. The van der Waals surface area contributed by atoms with Crippen molar-refractivity contribution in [2.75, 3.05) is 0 Å². The van der Waals surface area contributed by atoms with E-state index in [0.29, 0.717) is 0 Å². The highest BCUT2D eigenvalue weighted by atomic mass is 13.8. The van der Waals surface area contributed by atoms with Crippen LogP contribution in [0.25, 0.3) is 0 Å². The second kappa shape index (κ2) is 19.5. The van der Waals surface area contributed by atoms with Crippen LogP contribution in [0.2, 0.25) is 61.8 Å². The van der Waals surface area contributed by atoms with E-state index >= 15 is 0 Å². The van der Waals surface area contributed by atoms with Gasteiger partial charge in [0.2, 0.25) is 0 Å². The van der Waals surface area contributed by atoms with Crippen molar-refractivity contribution in [2.45, 2.75) is 61.8 Å². The Hall–Kier alpha value is 1.49. The van der Waals surface area contributed by atoms with E-state index in [-0.39, 0.29) is 0 Å². The molecule has 0 aromatic rings. The van der Waals surface area contributed by atoms with Crippen molar-refractivity contribution in [1.82, 2.24) is 0 Å². The smallest absolute Gasteiger partial charge is 0.0953 e. The van der Waals surface area contributed by atoms with Crippen LogP contribution >= 0.6 is 0 Å². The molecule has 0 bridgehead atoms. The van der Waals surface area contributed by atoms with Crippen LogP contribution in [0.3, 0.4) is 0 Å². The minimum atomic E-state index is 0.829. The number of rotatable bonds is 20. The molecule has 4 atom stereocenters. The van der Waals surface area contributed by atoms with E-state index in [9.17, 15) is 0 Å². The summed E-state index contributed by atoms with van der Waals surface area (Å²) in [4.78, 5) is 0. The molecule has 34 heavy (non-hydrogen) atoms. The van der Waals surface area contributed by atoms with E-state index in [1.165, 1.54) is 72.8 Å². The Bertz CT molecular complexity index is 412. The van der Waals surface area contributed by atoms with Gasteiger partial charge in [0.1, 0.15) is 0 Å². The van der Waals surface area contributed by atoms with Crippen LogP contribution in [0, 0.1) is 0 Å². The summed E-state index contributed by atoms with van der Waals surface area (Å²) in [6.07, 6.45) is 0. The Morgan fingerprint density at radius 3 is 0.529 bits per heavy atom. The van der Waals surface area contributed by atoms with Gasteiger partial charge in [-0.1, -0.05) is 0 Å². The van der Waals surface area contributed by atoms with Gasteiger partial charge in [0.15, 0.2) is 0 Å². The van der Waals surface area contributed by atoms with E-state index in [0.717, 1.165) is 61.8 Å². The molecule has 0 saturated carbocycles. The van der Waals surface area contributed by atoms with Crippen LogP contribution in [0.15, 0.2) is 0 Å². The van der Waals surface area contributed by atoms with Gasteiger partial charge in [-0.15, -0.1) is 61.8 Å². The zero-order chi connectivity index (χ0) is 26.4. The molecule has 0 heterocycles. The molecule has 0 amide bonds. The zero-order valence-electron chi connectivity index (χ0n) is 26.4. The molecule has 23 heteroatoms. The molecule has 0 fully saturated rings. The first-order valence-corrected chi connectivity index (χ1v) is 15.7. The maximum absolute atomic E-state index is 2.60. The maximum atomic E-state index is 2.60. The predicted octanol–water partition coefficient (Wildman–Crippen LogP) is -14.7. The standard InChI is InChI=1S/C11H47B23/c12-1(13)25-5(20)29-10(30-6(21)26-2(14)15)33-9(24)34-11(31-7(22)27-3(16)17)32-8(23)28-4(18)19/h1-11,25-34H,12-24H2. The summed E-state index contributed by atoms with van der Waals surface area (Å²) in [5.41, 5.74) is 9.50. The minimum absolute atomic E-state index is 0.829. The highest BCUT2D eigenvalue weighted by molar-refractivity contribution is 6.98. The summed E-state index contributed by atoms with van der Waals surface area (Å²) < 4.78 is 0. The topological polar surface area (TPSA) is 0 Å². The summed E-state index contributed by atoms with van der Waals surface area (Å²) in [5.74, 6) is 0. The van der Waals surface area contributed by atoms with E-state index in [1.54, 1.807) is 0 Å². The fourth-order valence-electron chi connectivity index (χ4n) is 7.69. The molecule has 0 radical (unpaired) electrons. The molecule has 160 valence electrons. The summed E-state index contributed by atoms with van der Waals surface area (Å²) in [7, 11) is 46.2. The second-order valence-electron chi connectivity index (χ2n) is 15.2. The SMILES string of the molecule is BC(B)BC(B)BC(BC(B)BC(B)B)BC(B)BC(BC(B)BC(B)B)BC(B)BC(B)B. The predicted molar refractivity (Wildman–Crippen MR) is 224 cm³/mol. The lowest BCUT2D eigenvalue weighted by Crippen LogP contribution is -2.37. The molecule has 0 aromatic carbocycles. The molecule has 0 N–H and O–H groups in total. The molecule has 0 aliphatic carbocycles. The van der Waals surface area contributed by atoms with Crippen LogP contribution in [-0.2, 0) is 0 Å². The van der Waals surface area contributed by atoms with Gasteiger partial charge in [-0.3, -0.25) is 0 Å². The molecule has 0 nitrogen and oxygen atoms in total. The quantitative estimate of drug-likeness (QED) is 0.169. The van der Waals surface area contributed by atoms with Gasteiger partial charge in [0, 0.05) is 0 Å². The third-order valence-corrected chi connectivity index (χ3v) is 7.91. The molecule has 0 aromatic heterocycles. The average molecular weight is 428 g/mol. The fraction of sp³-hybridized carbons (Fsp3) is 1.00. The zero-order valence-corrected chi connectivity index (χ0v) is 26.4. The van der Waals surface area contributed by atoms with Gasteiger partial charge in [-0.05, 0) is 0 Å². The monoisotopic (exact) mass is 433 g/mol. The summed E-state index contributed by atoms with van der Waals surface area (Å²) in [5, 5.41) is 0. The maximum Gasteiger partial charge on any atom is 0.0953 e. The Kier molecular flexibility index (Phi) is 20.4. The lowest BCUT2D eigenvalue weighted by Gasteiger charge is -2.28. The summed E-state index contributed by atoms with van der Waals surface area (Å²) in [6, 6.07) is 0. The van der Waals surface area contributed by atoms with Crippen LogP contribution in [0.5, 0.6) is 0 Å². The average Bonchev–Trinajstić information content (AvgIpc) is 2.57. The van der Waals surface area contributed by atoms with Crippen molar-refractivity contribution in [3.05, 3.63) is 0 Å². The number of hydrogen-bond donors (Lipinski definition) is 0. The van der Waals surface area contributed by atoms with Crippen molar-refractivity contribution < 1.29 is 0 Å². The largest absolute Gasteiger partial charge is 0.121 e. The normalized spacial score (nSPS) is 17.4. The first kappa shape index (κ1) is 35.5. The highest BCUT2D eigenvalue weighted by Gasteiger charge is 2.28. The van der Waals surface area contributed by atoms with Crippen LogP contribution in [0.4, 0.5) is 0 Å². The molecule has 0 aliphatic rings. The molecule has 0 spiro atoms. The lowest BCUT2D eigenvalue weighted by molar-refractivity contribution is 1.49. The second-order valence-corrected chi connectivity index (χ2v) is 15.2. The number of hydrogen-bond acceptors (Lipinski definition) is 0. The molecule has 0 aliphatic heterocycles. The van der Waals surface area contributed by atoms with E-state index in [4.69, 9.17) is 0 Å². The Balaban J connectivity index is 5.22. The van der Waals surface area contributed by atoms with Gasteiger partial charge in [0.25, 0.3) is 0 Å². The van der Waals surface area contributed by atoms with Gasteiger partial charge in [-0.25, -0.2) is 0 Å². The van der Waals surface area contributed by atoms with Gasteiger partial charge in [0.05, 0.1) is 175 Å². The Morgan fingerprint density at radius 1 is 0.235 bits per heavy atom. The minimum Gasteiger partial charge on any atom is -0.121 e. The van der Waals surface area contributed by atoms with E-state index in [1.807, 2.05) is 0 Å². The van der Waals surface area contributed by atoms with Crippen molar-refractivity contribution in [1.29, 1.82) is 0 Å². The Morgan fingerprint density at radius 2 is 0.382 bits per heavy atom. The molecule has 0 rings (SSSR count). The molecule has 4 unspecified atom stereocenters. The van der Waals surface area contributed by atoms with Crippen molar-refractivity contribution in [3.8, 4) is 0 Å². The Labute approximate surface area is 235 Å². The summed E-state index contributed by atoms with van der Waals surface area (Å²) in [6.45, 7) is 0. The lowest BCUT2D eigenvalue weighted by atomic mass is 9.07. The first-order valence-electron chi connectivity index (χ1n) is 15.7. The van der Waals surface area contributed by atoms with Gasteiger partial charge in [-0.2, -0.15) is 0 Å². The van der Waals surface area contributed by atoms with Crippen molar-refractivity contribution in [3.63, 3.8) is 0 Å². The van der Waals surface area contributed by atoms with Crippen LogP contribution in [0.1, 0.15) is 0 Å². The first-order chi connectivity index (χ1) is 15.7. The third-order valence-electron chi connectivity index (χ3n) is 7.91. The fourth-order valence-corrected chi connectivity index (χ4v) is 7.69. The molecular weight excluding hydrogens is 381 g/mol. The van der Waals surface area contributed by atoms with Crippen LogP contribution in [-0.4, -0.2) is 175 Å². The summed E-state index contributed by atoms with van der Waals surface area (Å²) >= 11 is 0. The van der Waals surface area contributed by atoms with Crippen molar-refractivity contribution >= 4 is 175 Å². The van der Waals surface area contributed by atoms with Crippen LogP contribution < -0.4 is 0 Å². The van der Waals surface area contributed by atoms with Gasteiger partial charge < -0.3 is 0 Å². The molecular formula is C11H47B23. The van der Waals surface area contributed by atoms with Crippen molar-refractivity contribution in [2.24, 2.45) is 0 Å². The molecule has 0 saturated heterocycles. The van der Waals surface area contributed by atoms with E-state index in [2.05, 4.69) is 102 Å². The van der Waals surface area contributed by atoms with E-state index < -0.39 is 0 Å². The van der Waals surface area contributed by atoms with Gasteiger partial charge >= 0.3 is 0 Å².